The Morgan fingerprint density at radius 3 is 0.778 bits per heavy atom. The molecular weight excluding hydrogens is 1020 g/mol. The number of ether oxygens (including phenoxy) is 5. The lowest BCUT2D eigenvalue weighted by molar-refractivity contribution is -0.180. The van der Waals surface area contributed by atoms with Crippen LogP contribution in [0.15, 0.2) is 0 Å². The Labute approximate surface area is 498 Å². The van der Waals surface area contributed by atoms with Crippen LogP contribution in [0.2, 0.25) is 0 Å². The second-order valence-corrected chi connectivity index (χ2v) is 24.4. The van der Waals surface area contributed by atoms with Crippen LogP contribution in [-0.4, -0.2) is 85.3 Å². The maximum atomic E-state index is 13.7. The van der Waals surface area contributed by atoms with E-state index in [2.05, 4.69) is 27.7 Å². The molecule has 1 unspecified atom stereocenters. The van der Waals surface area contributed by atoms with Crippen molar-refractivity contribution < 1.29 is 57.9 Å². The Morgan fingerprint density at radius 1 is 0.284 bits per heavy atom. The van der Waals surface area contributed by atoms with Crippen LogP contribution in [0.3, 0.4) is 0 Å². The molecule has 0 heterocycles. The summed E-state index contributed by atoms with van der Waals surface area (Å²) in [5.41, 5.74) is -4.10. The molecule has 0 radical (unpaired) electrons. The van der Waals surface area contributed by atoms with Crippen LogP contribution in [0.5, 0.6) is 0 Å². The van der Waals surface area contributed by atoms with Crippen LogP contribution in [0.4, 0.5) is 0 Å². The van der Waals surface area contributed by atoms with E-state index in [0.717, 1.165) is 77.0 Å². The lowest BCUT2D eigenvalue weighted by atomic mass is 9.92. The second kappa shape index (κ2) is 59.0. The number of hydrogen-bond acceptors (Lipinski definition) is 12. The number of carbonyl (C=O) groups is 5. The van der Waals surface area contributed by atoms with E-state index in [1.165, 1.54) is 205 Å². The zero-order valence-electron chi connectivity index (χ0n) is 53.5. The summed E-state index contributed by atoms with van der Waals surface area (Å²) in [7, 11) is 0. The van der Waals surface area contributed by atoms with Gasteiger partial charge in [0, 0.05) is 12.8 Å². The maximum absolute atomic E-state index is 13.7. The first-order chi connectivity index (χ1) is 39.5. The van der Waals surface area contributed by atoms with Crippen molar-refractivity contribution in [3.05, 3.63) is 0 Å². The van der Waals surface area contributed by atoms with Crippen molar-refractivity contribution in [1.29, 1.82) is 0 Å². The van der Waals surface area contributed by atoms with E-state index in [1.807, 2.05) is 0 Å². The highest BCUT2D eigenvalue weighted by Gasteiger charge is 2.44. The lowest BCUT2D eigenvalue weighted by Crippen LogP contribution is -2.46. The molecule has 0 aromatic carbocycles. The van der Waals surface area contributed by atoms with Crippen molar-refractivity contribution in [2.45, 2.75) is 367 Å². The summed E-state index contributed by atoms with van der Waals surface area (Å²) in [5, 5.41) is 22.6. The Morgan fingerprint density at radius 2 is 0.506 bits per heavy atom. The molecular formula is C69H130O12. The Hall–Kier alpha value is -2.73. The van der Waals surface area contributed by atoms with Gasteiger partial charge in [-0.3, -0.25) is 19.2 Å². The smallest absolute Gasteiger partial charge is 0.339 e. The number of unbranched alkanes of at least 4 members (excludes halogenated alkanes) is 44. The SMILES string of the molecule is CCCCCCCCCCCCCCCCCCOC(=O)CC(O)(CC(=O)OCC(CO)(COC(=O)CCCCCCCCCC)COC(=O)CCCCCCCCCC)C(=O)OCCCCCCCCCCCCCCCCCC. The largest absolute Gasteiger partial charge is 0.466 e. The van der Waals surface area contributed by atoms with Crippen LogP contribution in [0.25, 0.3) is 0 Å². The second-order valence-electron chi connectivity index (χ2n) is 24.4. The van der Waals surface area contributed by atoms with Crippen LogP contribution in [-0.2, 0) is 47.7 Å². The summed E-state index contributed by atoms with van der Waals surface area (Å²) in [4.78, 5) is 66.5. The molecule has 0 saturated carbocycles. The minimum atomic E-state index is -2.58. The van der Waals surface area contributed by atoms with Crippen LogP contribution in [0, 0.1) is 5.41 Å². The van der Waals surface area contributed by atoms with Crippen LogP contribution >= 0.6 is 0 Å². The summed E-state index contributed by atoms with van der Waals surface area (Å²) in [5.74, 6) is -3.94. The van der Waals surface area contributed by atoms with Gasteiger partial charge in [-0.05, 0) is 25.7 Å². The Balaban J connectivity index is 5.48. The van der Waals surface area contributed by atoms with Gasteiger partial charge in [0.1, 0.15) is 19.8 Å². The fraction of sp³-hybridized carbons (Fsp3) is 0.928. The maximum Gasteiger partial charge on any atom is 0.339 e. The van der Waals surface area contributed by atoms with Gasteiger partial charge in [-0.2, -0.15) is 0 Å². The average Bonchev–Trinajstić information content (AvgIpc) is 3.47. The van der Waals surface area contributed by atoms with E-state index in [4.69, 9.17) is 23.7 Å². The standard InChI is InChI=1S/C69H130O12/c1-5-9-13-17-21-25-27-29-31-33-35-37-39-43-47-51-55-77-65(73)57-69(76,67(75)78-56-52-48-44-40-38-36-34-32-30-28-26-22-18-14-10-6-2)58-66(74)81-62-68(59-70,60-79-63(71)53-49-45-41-23-19-15-11-7-3)61-80-64(72)54-50-46-42-24-20-16-12-8-4/h70,76H,5-62H2,1-4H3. The predicted octanol–water partition coefficient (Wildman–Crippen LogP) is 18.8. The molecule has 0 rings (SSSR count). The molecule has 0 saturated heterocycles. The van der Waals surface area contributed by atoms with E-state index in [9.17, 15) is 34.2 Å². The summed E-state index contributed by atoms with van der Waals surface area (Å²) < 4.78 is 27.9. The van der Waals surface area contributed by atoms with E-state index in [1.54, 1.807) is 0 Å². The van der Waals surface area contributed by atoms with E-state index in [0.29, 0.717) is 25.7 Å². The lowest BCUT2D eigenvalue weighted by Gasteiger charge is -2.31. The Bertz CT molecular complexity index is 1400. The summed E-state index contributed by atoms with van der Waals surface area (Å²) in [6.45, 7) is 7.04. The van der Waals surface area contributed by atoms with Gasteiger partial charge in [-0.15, -0.1) is 0 Å². The molecule has 478 valence electrons. The molecule has 0 spiro atoms. The van der Waals surface area contributed by atoms with Crippen molar-refractivity contribution in [2.24, 2.45) is 5.41 Å². The molecule has 0 aliphatic carbocycles. The summed E-state index contributed by atoms with van der Waals surface area (Å²) in [6, 6.07) is 0. The topological polar surface area (TPSA) is 172 Å². The monoisotopic (exact) mass is 1150 g/mol. The molecule has 0 fully saturated rings. The van der Waals surface area contributed by atoms with Gasteiger partial charge in [0.25, 0.3) is 0 Å². The fourth-order valence-electron chi connectivity index (χ4n) is 10.5. The summed E-state index contributed by atoms with van der Waals surface area (Å²) in [6.07, 6.45) is 54.3. The van der Waals surface area contributed by atoms with Gasteiger partial charge in [-0.1, -0.05) is 310 Å². The fourth-order valence-corrected chi connectivity index (χ4v) is 10.5. The normalized spacial score (nSPS) is 12.3. The first kappa shape index (κ1) is 78.3. The number of aliphatic hydroxyl groups is 2. The zero-order valence-corrected chi connectivity index (χ0v) is 53.5. The van der Waals surface area contributed by atoms with Gasteiger partial charge >= 0.3 is 29.8 Å². The Kier molecular flexibility index (Phi) is 57.0. The minimum absolute atomic E-state index is 0.0190. The predicted molar refractivity (Wildman–Crippen MR) is 332 cm³/mol. The number of hydrogen-bond donors (Lipinski definition) is 2. The number of carbonyl (C=O) groups excluding carboxylic acids is 5. The van der Waals surface area contributed by atoms with Crippen molar-refractivity contribution in [2.75, 3.05) is 39.6 Å². The molecule has 12 heteroatoms. The van der Waals surface area contributed by atoms with E-state index >= 15 is 0 Å². The highest BCUT2D eigenvalue weighted by Crippen LogP contribution is 2.25. The highest BCUT2D eigenvalue weighted by molar-refractivity contribution is 5.90. The van der Waals surface area contributed by atoms with E-state index < -0.39 is 80.1 Å². The third kappa shape index (κ3) is 51.4. The van der Waals surface area contributed by atoms with Crippen molar-refractivity contribution in [1.82, 2.24) is 0 Å². The molecule has 12 nitrogen and oxygen atoms in total. The number of rotatable bonds is 64. The van der Waals surface area contributed by atoms with Gasteiger partial charge in [0.15, 0.2) is 5.60 Å². The number of aliphatic hydroxyl groups excluding tert-OH is 1. The molecule has 81 heavy (non-hydrogen) atoms. The third-order valence-corrected chi connectivity index (χ3v) is 16.2. The van der Waals surface area contributed by atoms with Crippen molar-refractivity contribution >= 4 is 29.8 Å². The van der Waals surface area contributed by atoms with Gasteiger partial charge < -0.3 is 33.9 Å². The first-order valence-electron chi connectivity index (χ1n) is 34.6. The molecule has 2 N–H and O–H groups in total. The van der Waals surface area contributed by atoms with Gasteiger partial charge in [-0.25, -0.2) is 4.79 Å². The minimum Gasteiger partial charge on any atom is -0.466 e. The zero-order chi connectivity index (χ0) is 59.4. The first-order valence-corrected chi connectivity index (χ1v) is 34.6. The quantitative estimate of drug-likeness (QED) is 0.0336. The van der Waals surface area contributed by atoms with Crippen molar-refractivity contribution in [3.63, 3.8) is 0 Å². The molecule has 0 bridgehead atoms. The number of esters is 5. The highest BCUT2D eigenvalue weighted by atomic mass is 16.6. The third-order valence-electron chi connectivity index (χ3n) is 16.2. The average molecular weight is 1150 g/mol. The van der Waals surface area contributed by atoms with Crippen LogP contribution in [0.1, 0.15) is 362 Å². The molecule has 0 aromatic rings. The molecule has 0 amide bonds. The molecule has 0 aliphatic rings. The van der Waals surface area contributed by atoms with E-state index in [-0.39, 0.29) is 26.1 Å². The molecule has 1 atom stereocenters. The molecule has 0 aromatic heterocycles. The van der Waals surface area contributed by atoms with Crippen molar-refractivity contribution in [3.8, 4) is 0 Å². The molecule has 0 aliphatic heterocycles. The van der Waals surface area contributed by atoms with Crippen LogP contribution < -0.4 is 0 Å². The van der Waals surface area contributed by atoms with Gasteiger partial charge in [0.2, 0.25) is 0 Å². The summed E-state index contributed by atoms with van der Waals surface area (Å²) >= 11 is 0. The van der Waals surface area contributed by atoms with Gasteiger partial charge in [0.05, 0.1) is 38.1 Å².